The number of hydrogen-bond donors (Lipinski definition) is 6. The van der Waals surface area contributed by atoms with Gasteiger partial charge in [-0.15, -0.1) is 34.0 Å². The Morgan fingerprint density at radius 1 is 0.452 bits per heavy atom. The van der Waals surface area contributed by atoms with E-state index in [0.29, 0.717) is 38.5 Å². The van der Waals surface area contributed by atoms with Crippen LogP contribution in [0.15, 0.2) is 81.0 Å². The van der Waals surface area contributed by atoms with Crippen LogP contribution in [0.25, 0.3) is 18.2 Å². The zero-order chi connectivity index (χ0) is 77.9. The van der Waals surface area contributed by atoms with Crippen LogP contribution >= 0.6 is 34.0 Å². The van der Waals surface area contributed by atoms with Crippen molar-refractivity contribution in [2.24, 2.45) is 51.8 Å². The molecule has 0 bridgehead atoms. The predicted octanol–water partition coefficient (Wildman–Crippen LogP) is 13.5. The van der Waals surface area contributed by atoms with Crippen molar-refractivity contribution >= 4 is 87.5 Å². The minimum atomic E-state index is -1.25. The number of nitrogens with zero attached hydrogens (tertiary/aromatic N) is 3. The summed E-state index contributed by atoms with van der Waals surface area (Å²) in [5.74, 6) is -5.42. The number of hydrogen-bond acceptors (Lipinski definition) is 23. The van der Waals surface area contributed by atoms with Gasteiger partial charge in [-0.05, 0) is 117 Å². The van der Waals surface area contributed by atoms with Gasteiger partial charge in [-0.2, -0.15) is 0 Å². The molecule has 2 saturated heterocycles. The van der Waals surface area contributed by atoms with Gasteiger partial charge in [0.15, 0.2) is 0 Å². The molecule has 3 aromatic rings. The second-order valence-corrected chi connectivity index (χ2v) is 35.0. The summed E-state index contributed by atoms with van der Waals surface area (Å²) in [6.45, 7) is 37.8. The Bertz CT molecular complexity index is 3540. The summed E-state index contributed by atoms with van der Waals surface area (Å²) >= 11 is 4.66. The van der Waals surface area contributed by atoms with E-state index in [4.69, 9.17) is 23.7 Å². The first kappa shape index (κ1) is 87.1. The number of carbonyl (C=O) groups excluding carboxylic acids is 6. The van der Waals surface area contributed by atoms with Crippen molar-refractivity contribution < 1.29 is 83.1 Å². The molecule has 2 unspecified atom stereocenters. The van der Waals surface area contributed by atoms with Crippen molar-refractivity contribution in [3.8, 4) is 0 Å². The summed E-state index contributed by atoms with van der Waals surface area (Å²) < 4.78 is 29.5. The Morgan fingerprint density at radius 2 is 0.740 bits per heavy atom. The molecule has 23 heteroatoms. The normalized spacial score (nSPS) is 36.2. The fraction of sp³-hybridized carbons (Fsp3) is 0.642. The molecule has 576 valence electrons. The highest BCUT2D eigenvalue weighted by atomic mass is 32.1. The van der Waals surface area contributed by atoms with Crippen LogP contribution in [-0.4, -0.2) is 159 Å². The fourth-order valence-corrected chi connectivity index (χ4v) is 15.1. The Kier molecular flexibility index (Phi) is 30.9. The van der Waals surface area contributed by atoms with E-state index in [0.717, 1.165) is 54.4 Å². The second kappa shape index (κ2) is 36.8. The molecule has 0 aromatic carbocycles. The number of aryl methyl sites for hydroxylation is 3. The van der Waals surface area contributed by atoms with Crippen LogP contribution in [0.1, 0.15) is 215 Å². The van der Waals surface area contributed by atoms with E-state index < -0.39 is 107 Å². The molecule has 3 aromatic heterocycles. The Morgan fingerprint density at radius 3 is 1.04 bits per heavy atom. The van der Waals surface area contributed by atoms with Gasteiger partial charge in [0.1, 0.15) is 35.7 Å². The molecule has 5 aliphatic rings. The van der Waals surface area contributed by atoms with E-state index in [-0.39, 0.29) is 77.8 Å². The van der Waals surface area contributed by atoms with Gasteiger partial charge in [-0.3, -0.25) is 28.8 Å². The Labute approximate surface area is 628 Å². The molecule has 0 saturated carbocycles. The van der Waals surface area contributed by atoms with Gasteiger partial charge in [-0.25, -0.2) is 15.0 Å². The number of aliphatic hydroxyl groups excluding tert-OH is 6. The number of ketones is 3. The second-order valence-electron chi connectivity index (χ2n) is 31.8. The highest BCUT2D eigenvalue weighted by Crippen LogP contribution is 2.46. The predicted molar refractivity (Wildman–Crippen MR) is 408 cm³/mol. The molecule has 8 rings (SSSR count). The third kappa shape index (κ3) is 23.6. The molecule has 0 aliphatic carbocycles. The average Bonchev–Trinajstić information content (AvgIpc) is 1.61. The minimum absolute atomic E-state index is 0.0968. The number of Topliss-reactive ketones (excluding diaryl/α,β-unsaturated/α-hetero) is 3. The third-order valence-electron chi connectivity index (χ3n) is 21.7. The topological polar surface area (TPSA) is 315 Å². The van der Waals surface area contributed by atoms with Gasteiger partial charge >= 0.3 is 17.9 Å². The number of esters is 3. The number of epoxide rings is 2. The van der Waals surface area contributed by atoms with Gasteiger partial charge in [0.25, 0.3) is 0 Å². The lowest BCUT2D eigenvalue weighted by atomic mass is 9.73. The van der Waals surface area contributed by atoms with Crippen molar-refractivity contribution in [3.63, 3.8) is 0 Å². The fourth-order valence-electron chi connectivity index (χ4n) is 13.4. The number of carbonyl (C=O) groups is 6. The van der Waals surface area contributed by atoms with Crippen molar-refractivity contribution in [1.82, 2.24) is 15.0 Å². The Hall–Kier alpha value is -5.83. The van der Waals surface area contributed by atoms with Crippen LogP contribution in [0.5, 0.6) is 0 Å². The van der Waals surface area contributed by atoms with Crippen molar-refractivity contribution in [1.29, 1.82) is 0 Å². The van der Waals surface area contributed by atoms with Crippen LogP contribution < -0.4 is 0 Å². The molecule has 20 nitrogen and oxygen atoms in total. The number of fused-ring (bicyclic) bond motifs is 2. The van der Waals surface area contributed by atoms with Gasteiger partial charge < -0.3 is 54.3 Å². The summed E-state index contributed by atoms with van der Waals surface area (Å²) in [7, 11) is 0. The van der Waals surface area contributed by atoms with E-state index in [1.165, 1.54) is 0 Å². The molecule has 0 radical (unpaired) electrons. The zero-order valence-electron chi connectivity index (χ0n) is 64.9. The summed E-state index contributed by atoms with van der Waals surface area (Å²) in [6.07, 6.45) is 13.8. The highest BCUT2D eigenvalue weighted by Gasteiger charge is 2.54. The summed E-state index contributed by atoms with van der Waals surface area (Å²) in [5.41, 5.74) is 1.65. The van der Waals surface area contributed by atoms with Crippen molar-refractivity contribution in [2.75, 3.05) is 0 Å². The van der Waals surface area contributed by atoms with E-state index in [1.54, 1.807) is 96.3 Å². The summed E-state index contributed by atoms with van der Waals surface area (Å²) in [6, 6.07) is 0. The van der Waals surface area contributed by atoms with Crippen LogP contribution in [0.3, 0.4) is 0 Å². The minimum Gasteiger partial charge on any atom is -0.458 e. The molecule has 5 aliphatic heterocycles. The van der Waals surface area contributed by atoms with E-state index in [9.17, 15) is 59.4 Å². The molecule has 8 heterocycles. The number of rotatable bonds is 6. The van der Waals surface area contributed by atoms with Crippen LogP contribution in [0, 0.1) is 72.5 Å². The number of thiazole rings is 3. The van der Waals surface area contributed by atoms with Gasteiger partial charge in [0, 0.05) is 70.9 Å². The van der Waals surface area contributed by atoms with Crippen LogP contribution in [-0.2, 0) is 52.5 Å². The number of allylic oxidation sites excluding steroid dienone is 2. The first-order chi connectivity index (χ1) is 48.3. The summed E-state index contributed by atoms with van der Waals surface area (Å²) in [5, 5.41) is 73.5. The maximum absolute atomic E-state index is 13.2. The molecular weight excluding hydrogens is 1380 g/mol. The zero-order valence-corrected chi connectivity index (χ0v) is 67.4. The maximum atomic E-state index is 13.2. The average molecular weight is 1500 g/mol. The van der Waals surface area contributed by atoms with Gasteiger partial charge in [0.05, 0.1) is 128 Å². The largest absolute Gasteiger partial charge is 0.458 e. The summed E-state index contributed by atoms with van der Waals surface area (Å²) in [4.78, 5) is 91.6. The molecule has 104 heavy (non-hydrogen) atoms. The SMILES string of the molecule is C/C(=C\c1csc(C)n1)[C@@H]1CC2O[C@@]2(C)C/C=C/[C@H](C)[C@H](O)[C@@H](C)C(=O)C(C)(C)[C@@H](O)CC(=O)O1.C/C(=C\c1csc(C)n1)[C@@H]1CC2O[C@]2(C)C/C=C/[C@H](C)[C@H](O)[C@@H](C)C(=O)C(C)(C)[C@@H](O)CC(=O)O1.C/C1=C/C[C@@H](/C(C)=C/c2csc(C)n2)OC(=O)C[C@H](O)C(C)(C)C(=O)[C@H](C)[C@@H](O)[C@@H](C)/C=C/C1. The molecule has 0 spiro atoms. The lowest BCUT2D eigenvalue weighted by Gasteiger charge is -2.34. The Balaban J connectivity index is 0.000000245. The molecule has 19 atom stereocenters. The number of cyclic esters (lactones) is 3. The highest BCUT2D eigenvalue weighted by molar-refractivity contribution is 7.10. The molecular formula is C81H117N3O17S3. The number of aliphatic hydroxyl groups is 6. The third-order valence-corrected chi connectivity index (χ3v) is 24.0. The number of ether oxygens (including phenoxy) is 5. The molecule has 6 N–H and O–H groups in total. The first-order valence-corrected chi connectivity index (χ1v) is 39.1. The lowest BCUT2D eigenvalue weighted by Crippen LogP contribution is -2.45. The molecule has 0 amide bonds. The maximum Gasteiger partial charge on any atom is 0.309 e. The quantitative estimate of drug-likeness (QED) is 0.0578. The molecule has 2 fully saturated rings. The smallest absolute Gasteiger partial charge is 0.309 e. The van der Waals surface area contributed by atoms with Gasteiger partial charge in [-0.1, -0.05) is 131 Å². The van der Waals surface area contributed by atoms with Crippen molar-refractivity contribution in [3.05, 3.63) is 113 Å². The lowest BCUT2D eigenvalue weighted by molar-refractivity contribution is -0.156. The monoisotopic (exact) mass is 1500 g/mol. The number of aromatic nitrogens is 3. The van der Waals surface area contributed by atoms with Crippen molar-refractivity contribution in [2.45, 2.75) is 282 Å². The van der Waals surface area contributed by atoms with E-state index in [1.807, 2.05) is 160 Å². The van der Waals surface area contributed by atoms with Crippen LogP contribution in [0.4, 0.5) is 0 Å². The first-order valence-electron chi connectivity index (χ1n) is 36.4. The van der Waals surface area contributed by atoms with Gasteiger partial charge in [0.2, 0.25) is 0 Å². The van der Waals surface area contributed by atoms with E-state index >= 15 is 0 Å². The van der Waals surface area contributed by atoms with E-state index in [2.05, 4.69) is 15.0 Å². The van der Waals surface area contributed by atoms with Crippen LogP contribution in [0.2, 0.25) is 0 Å². The standard InChI is InChI=1S/2C27H39NO6S.C27H39NO5S/c2*1-15-9-8-10-27(7)22(34-27)12-20(16(2)11-19-14-35-18(4)28-19)33-23(30)13-21(29)26(5,6)25(32)17(3)24(15)31;1-16-9-8-10-17(2)25(31)19(4)26(32)27(6,7)23(29)14-24(30)33-22(12-11-16)18(3)13-21-15-34-20(5)28-21/h2*8-9,11,14-15,17,20-22,24,29,31H,10,12-13H2,1-7H3;8,10-11,13,15,17,19,22-23,25,29,31H,9,12,14H2,1-7H3/b2*9-8+,16-11+;10-8+,16-11-,18-13+/t15-,17+,20-,21-,22?,24-,27+;15-,17+,20-,21-,22?,24-,27-;17-,19+,22-,23-,25-/m000/s1.